The third kappa shape index (κ3) is 2.97. The van der Waals surface area contributed by atoms with Gasteiger partial charge in [0.2, 0.25) is 6.10 Å². The van der Waals surface area contributed by atoms with Crippen molar-refractivity contribution in [2.75, 3.05) is 0 Å². The van der Waals surface area contributed by atoms with E-state index in [2.05, 4.69) is 11.4 Å². The summed E-state index contributed by atoms with van der Waals surface area (Å²) in [4.78, 5) is 11.7. The van der Waals surface area contributed by atoms with Gasteiger partial charge in [0.15, 0.2) is 0 Å². The summed E-state index contributed by atoms with van der Waals surface area (Å²) >= 11 is 0. The van der Waals surface area contributed by atoms with Gasteiger partial charge in [-0.2, -0.15) is 0 Å². The fourth-order valence-corrected chi connectivity index (χ4v) is 2.39. The summed E-state index contributed by atoms with van der Waals surface area (Å²) in [5.74, 6) is 0.652. The van der Waals surface area contributed by atoms with Crippen LogP contribution in [-0.4, -0.2) is 18.1 Å². The van der Waals surface area contributed by atoms with Crippen LogP contribution < -0.4 is 10.1 Å². The summed E-state index contributed by atoms with van der Waals surface area (Å²) in [7, 11) is 0. The fourth-order valence-electron chi connectivity index (χ4n) is 2.39. The largest absolute Gasteiger partial charge is 0.478 e. The summed E-state index contributed by atoms with van der Waals surface area (Å²) in [6, 6.07) is 19.4. The van der Waals surface area contributed by atoms with Crippen LogP contribution in [0.2, 0.25) is 0 Å². The maximum absolute atomic E-state index is 11.7. The Labute approximate surface area is 124 Å². The van der Waals surface area contributed by atoms with Gasteiger partial charge in [-0.3, -0.25) is 4.79 Å². The summed E-state index contributed by atoms with van der Waals surface area (Å²) in [6.07, 6.45) is 1.62. The fraction of sp³-hybridized carbons (Fsp3) is 0.167. The molecule has 0 saturated carbocycles. The van der Waals surface area contributed by atoms with Crippen LogP contribution in [0.1, 0.15) is 12.5 Å². The molecule has 3 nitrogen and oxygen atoms in total. The molecule has 1 aliphatic rings. The highest BCUT2D eigenvalue weighted by atomic mass is 16.5. The van der Waals surface area contributed by atoms with Crippen molar-refractivity contribution in [2.24, 2.45) is 0 Å². The highest BCUT2D eigenvalue weighted by Gasteiger charge is 2.42. The molecule has 1 aliphatic heterocycles. The van der Waals surface area contributed by atoms with Gasteiger partial charge in [0.25, 0.3) is 5.91 Å². The number of hydrogen-bond acceptors (Lipinski definition) is 2. The molecule has 2 atom stereocenters. The van der Waals surface area contributed by atoms with Gasteiger partial charge in [-0.25, -0.2) is 0 Å². The van der Waals surface area contributed by atoms with Crippen LogP contribution >= 0.6 is 0 Å². The zero-order valence-electron chi connectivity index (χ0n) is 11.8. The normalized spacial score (nSPS) is 21.4. The second kappa shape index (κ2) is 5.83. The Morgan fingerprint density at radius 2 is 1.67 bits per heavy atom. The van der Waals surface area contributed by atoms with Gasteiger partial charge in [-0.15, -0.1) is 0 Å². The van der Waals surface area contributed by atoms with E-state index in [1.807, 2.05) is 67.6 Å². The number of benzene rings is 2. The van der Waals surface area contributed by atoms with E-state index in [-0.39, 0.29) is 11.9 Å². The van der Waals surface area contributed by atoms with E-state index >= 15 is 0 Å². The van der Waals surface area contributed by atoms with Crippen LogP contribution in [0.25, 0.3) is 6.08 Å². The van der Waals surface area contributed by atoms with Crippen molar-refractivity contribution in [1.82, 2.24) is 5.32 Å². The smallest absolute Gasteiger partial charge is 0.264 e. The molecule has 0 aliphatic carbocycles. The van der Waals surface area contributed by atoms with Gasteiger partial charge in [-0.05, 0) is 30.2 Å². The Balaban J connectivity index is 1.73. The number of hydrogen-bond donors (Lipinski definition) is 1. The van der Waals surface area contributed by atoms with Crippen LogP contribution in [-0.2, 0) is 4.79 Å². The van der Waals surface area contributed by atoms with Gasteiger partial charge < -0.3 is 10.1 Å². The molecule has 0 radical (unpaired) electrons. The number of para-hydroxylation sites is 1. The first-order valence-electron chi connectivity index (χ1n) is 6.99. The molecule has 0 spiro atoms. The summed E-state index contributed by atoms with van der Waals surface area (Å²) in [5, 5.41) is 2.90. The summed E-state index contributed by atoms with van der Waals surface area (Å²) < 4.78 is 5.78. The zero-order valence-corrected chi connectivity index (χ0v) is 11.8. The van der Waals surface area contributed by atoms with Gasteiger partial charge >= 0.3 is 0 Å². The lowest BCUT2D eigenvalue weighted by molar-refractivity contribution is -0.138. The minimum Gasteiger partial charge on any atom is -0.478 e. The Morgan fingerprint density at radius 3 is 2.29 bits per heavy atom. The van der Waals surface area contributed by atoms with Crippen molar-refractivity contribution in [3.05, 3.63) is 71.8 Å². The van der Waals surface area contributed by atoms with Crippen molar-refractivity contribution >= 4 is 12.0 Å². The molecule has 3 heteroatoms. The highest BCUT2D eigenvalue weighted by molar-refractivity contribution is 5.90. The standard InChI is InChI=1S/C18H17NO2/c1-13(12-14-8-4-2-5-9-14)16-17(18(20)19-16)21-15-10-6-3-7-11-15/h2-12,16-17H,1H3,(H,19,20)/b13-12-/t16-,17+/m1/s1. The third-order valence-corrected chi connectivity index (χ3v) is 3.55. The van der Waals surface area contributed by atoms with Crippen LogP contribution in [0.4, 0.5) is 0 Å². The molecule has 21 heavy (non-hydrogen) atoms. The van der Waals surface area contributed by atoms with E-state index in [1.54, 1.807) is 0 Å². The average molecular weight is 279 g/mol. The molecule has 0 bridgehead atoms. The molecule has 1 saturated heterocycles. The molecule has 1 amide bonds. The molecule has 0 unspecified atom stereocenters. The lowest BCUT2D eigenvalue weighted by atomic mass is 9.93. The average Bonchev–Trinajstić information content (AvgIpc) is 2.52. The Kier molecular flexibility index (Phi) is 3.73. The minimum atomic E-state index is -0.452. The lowest BCUT2D eigenvalue weighted by Crippen LogP contribution is -2.65. The number of nitrogens with one attached hydrogen (secondary N) is 1. The molecular weight excluding hydrogens is 262 g/mol. The van der Waals surface area contributed by atoms with E-state index in [4.69, 9.17) is 4.74 Å². The molecule has 2 aromatic rings. The Hall–Kier alpha value is -2.55. The van der Waals surface area contributed by atoms with Gasteiger partial charge in [0, 0.05) is 0 Å². The van der Waals surface area contributed by atoms with E-state index in [9.17, 15) is 4.79 Å². The molecule has 1 N–H and O–H groups in total. The molecule has 106 valence electrons. The van der Waals surface area contributed by atoms with E-state index in [0.717, 1.165) is 16.9 Å². The van der Waals surface area contributed by atoms with Crippen LogP contribution in [0.15, 0.2) is 66.2 Å². The molecule has 1 fully saturated rings. The summed E-state index contributed by atoms with van der Waals surface area (Å²) in [5.41, 5.74) is 2.20. The predicted octanol–water partition coefficient (Wildman–Crippen LogP) is 3.04. The van der Waals surface area contributed by atoms with Crippen molar-refractivity contribution < 1.29 is 9.53 Å². The number of carbonyl (C=O) groups is 1. The predicted molar refractivity (Wildman–Crippen MR) is 82.9 cm³/mol. The first-order valence-corrected chi connectivity index (χ1v) is 6.99. The molecule has 3 rings (SSSR count). The Bertz CT molecular complexity index is 649. The van der Waals surface area contributed by atoms with Crippen LogP contribution in [0.3, 0.4) is 0 Å². The van der Waals surface area contributed by atoms with Crippen LogP contribution in [0, 0.1) is 0 Å². The molecule has 0 aromatic heterocycles. The number of rotatable bonds is 4. The Morgan fingerprint density at radius 1 is 1.05 bits per heavy atom. The summed E-state index contributed by atoms with van der Waals surface area (Å²) in [6.45, 7) is 2.01. The van der Waals surface area contributed by atoms with Gasteiger partial charge in [0.05, 0.1) is 6.04 Å². The van der Waals surface area contributed by atoms with E-state index < -0.39 is 6.10 Å². The number of carbonyl (C=O) groups excluding carboxylic acids is 1. The van der Waals surface area contributed by atoms with Gasteiger partial charge in [0.1, 0.15) is 5.75 Å². The van der Waals surface area contributed by atoms with E-state index in [0.29, 0.717) is 0 Å². The molecule has 1 heterocycles. The zero-order chi connectivity index (χ0) is 14.7. The van der Waals surface area contributed by atoms with Crippen molar-refractivity contribution in [3.63, 3.8) is 0 Å². The van der Waals surface area contributed by atoms with Crippen molar-refractivity contribution in [1.29, 1.82) is 0 Å². The van der Waals surface area contributed by atoms with Gasteiger partial charge in [-0.1, -0.05) is 54.6 Å². The second-order valence-electron chi connectivity index (χ2n) is 5.14. The number of amides is 1. The van der Waals surface area contributed by atoms with Crippen LogP contribution in [0.5, 0.6) is 5.75 Å². The maximum Gasteiger partial charge on any atom is 0.264 e. The SMILES string of the molecule is C/C(=C/c1ccccc1)[C@H]1NC(=O)[C@H]1Oc1ccccc1. The molecular formula is C18H17NO2. The number of ether oxygens (including phenoxy) is 1. The number of β-lactam (4-membered cyclic amide) rings is 1. The van der Waals surface area contributed by atoms with Crippen molar-refractivity contribution in [3.8, 4) is 5.75 Å². The maximum atomic E-state index is 11.7. The first-order chi connectivity index (χ1) is 10.2. The minimum absolute atomic E-state index is 0.0651. The molecule has 2 aromatic carbocycles. The lowest BCUT2D eigenvalue weighted by Gasteiger charge is -2.37. The van der Waals surface area contributed by atoms with Crippen molar-refractivity contribution in [2.45, 2.75) is 19.1 Å². The third-order valence-electron chi connectivity index (χ3n) is 3.55. The monoisotopic (exact) mass is 279 g/mol. The second-order valence-corrected chi connectivity index (χ2v) is 5.14. The highest BCUT2D eigenvalue weighted by Crippen LogP contribution is 2.23. The van der Waals surface area contributed by atoms with E-state index in [1.165, 1.54) is 0 Å². The topological polar surface area (TPSA) is 38.3 Å². The quantitative estimate of drug-likeness (QED) is 0.874. The first kappa shape index (κ1) is 13.4.